The summed E-state index contributed by atoms with van der Waals surface area (Å²) >= 11 is 5.93. The predicted molar refractivity (Wildman–Crippen MR) is 77.5 cm³/mol. The third-order valence-electron chi connectivity index (χ3n) is 3.21. The zero-order valence-electron chi connectivity index (χ0n) is 11.4. The number of carbonyl (C=O) groups is 2. The van der Waals surface area contributed by atoms with Gasteiger partial charge in [-0.25, -0.2) is 0 Å². The molecule has 0 radical (unpaired) electrons. The second-order valence-corrected chi connectivity index (χ2v) is 5.34. The van der Waals surface area contributed by atoms with Crippen LogP contribution in [0.25, 0.3) is 0 Å². The van der Waals surface area contributed by atoms with Crippen molar-refractivity contribution in [2.24, 2.45) is 0 Å². The summed E-state index contributed by atoms with van der Waals surface area (Å²) in [7, 11) is 0. The van der Waals surface area contributed by atoms with Gasteiger partial charge < -0.3 is 10.6 Å². The van der Waals surface area contributed by atoms with Crippen molar-refractivity contribution in [1.29, 1.82) is 0 Å². The minimum atomic E-state index is -0.111. The lowest BCUT2D eigenvalue weighted by molar-refractivity contribution is -0.127. The van der Waals surface area contributed by atoms with Crippen LogP contribution in [0.3, 0.4) is 0 Å². The normalized spacial score (nSPS) is 17.4. The first kappa shape index (κ1) is 14.8. The lowest BCUT2D eigenvalue weighted by Crippen LogP contribution is -2.50. The first-order valence-corrected chi connectivity index (χ1v) is 6.96. The second-order valence-electron chi connectivity index (χ2n) is 4.90. The molecule has 20 heavy (non-hydrogen) atoms. The molecule has 0 saturated carbocycles. The van der Waals surface area contributed by atoms with E-state index in [4.69, 9.17) is 11.6 Å². The SMILES string of the molecule is C[C@@H](NC(=O)CN1CCNC(=O)C1)c1cccc(Cl)c1. The van der Waals surface area contributed by atoms with Crippen LogP contribution in [0.4, 0.5) is 0 Å². The van der Waals surface area contributed by atoms with Gasteiger partial charge in [0.05, 0.1) is 19.1 Å². The molecule has 1 aromatic carbocycles. The quantitative estimate of drug-likeness (QED) is 0.869. The Morgan fingerprint density at radius 1 is 1.55 bits per heavy atom. The molecular formula is C14H18ClN3O2. The molecule has 0 aliphatic carbocycles. The molecule has 1 aromatic rings. The largest absolute Gasteiger partial charge is 0.354 e. The smallest absolute Gasteiger partial charge is 0.234 e. The maximum Gasteiger partial charge on any atom is 0.234 e. The molecule has 1 heterocycles. The molecule has 2 rings (SSSR count). The second kappa shape index (κ2) is 6.72. The molecule has 0 spiro atoms. The Balaban J connectivity index is 1.86. The van der Waals surface area contributed by atoms with E-state index < -0.39 is 0 Å². The maximum absolute atomic E-state index is 12.0. The van der Waals surface area contributed by atoms with Gasteiger partial charge in [0.25, 0.3) is 0 Å². The van der Waals surface area contributed by atoms with E-state index in [1.165, 1.54) is 0 Å². The van der Waals surface area contributed by atoms with Gasteiger partial charge in [0.15, 0.2) is 0 Å². The Morgan fingerprint density at radius 2 is 2.35 bits per heavy atom. The number of carbonyl (C=O) groups excluding carboxylic acids is 2. The Hall–Kier alpha value is -1.59. The van der Waals surface area contributed by atoms with Crippen LogP contribution in [0.15, 0.2) is 24.3 Å². The minimum absolute atomic E-state index is 0.0352. The van der Waals surface area contributed by atoms with E-state index in [-0.39, 0.29) is 30.9 Å². The number of hydrogen-bond donors (Lipinski definition) is 2. The van der Waals surface area contributed by atoms with E-state index in [0.717, 1.165) is 5.56 Å². The number of benzene rings is 1. The molecule has 2 N–H and O–H groups in total. The summed E-state index contributed by atoms with van der Waals surface area (Å²) in [6.07, 6.45) is 0. The molecule has 0 aromatic heterocycles. The third kappa shape index (κ3) is 4.21. The predicted octanol–water partition coefficient (Wildman–Crippen LogP) is 0.949. The number of amides is 2. The summed E-state index contributed by atoms with van der Waals surface area (Å²) in [5.41, 5.74) is 0.960. The van der Waals surface area contributed by atoms with Gasteiger partial charge in [-0.2, -0.15) is 0 Å². The van der Waals surface area contributed by atoms with Crippen molar-refractivity contribution < 1.29 is 9.59 Å². The molecule has 1 aliphatic rings. The molecular weight excluding hydrogens is 278 g/mol. The van der Waals surface area contributed by atoms with E-state index in [2.05, 4.69) is 10.6 Å². The Morgan fingerprint density at radius 3 is 3.05 bits per heavy atom. The van der Waals surface area contributed by atoms with E-state index in [1.54, 1.807) is 6.07 Å². The van der Waals surface area contributed by atoms with Gasteiger partial charge in [0.1, 0.15) is 0 Å². The van der Waals surface area contributed by atoms with E-state index in [9.17, 15) is 9.59 Å². The van der Waals surface area contributed by atoms with E-state index in [1.807, 2.05) is 30.0 Å². The summed E-state index contributed by atoms with van der Waals surface area (Å²) in [5.74, 6) is -0.126. The summed E-state index contributed by atoms with van der Waals surface area (Å²) in [6.45, 7) is 3.71. The first-order chi connectivity index (χ1) is 9.54. The molecule has 1 aliphatic heterocycles. The monoisotopic (exact) mass is 295 g/mol. The highest BCUT2D eigenvalue weighted by Gasteiger charge is 2.19. The summed E-state index contributed by atoms with van der Waals surface area (Å²) in [6, 6.07) is 7.30. The van der Waals surface area contributed by atoms with Gasteiger partial charge in [-0.1, -0.05) is 23.7 Å². The highest BCUT2D eigenvalue weighted by Crippen LogP contribution is 2.17. The maximum atomic E-state index is 12.0. The first-order valence-electron chi connectivity index (χ1n) is 6.58. The number of rotatable bonds is 4. The molecule has 108 valence electrons. The minimum Gasteiger partial charge on any atom is -0.354 e. The van der Waals surface area contributed by atoms with E-state index >= 15 is 0 Å². The number of halogens is 1. The van der Waals surface area contributed by atoms with Crippen LogP contribution < -0.4 is 10.6 Å². The molecule has 1 atom stereocenters. The van der Waals surface area contributed by atoms with Crippen LogP contribution in [0.1, 0.15) is 18.5 Å². The van der Waals surface area contributed by atoms with Crippen molar-refractivity contribution in [2.45, 2.75) is 13.0 Å². The standard InChI is InChI=1S/C14H18ClN3O2/c1-10(11-3-2-4-12(15)7-11)17-14(20)9-18-6-5-16-13(19)8-18/h2-4,7,10H,5-6,8-9H2,1H3,(H,16,19)(H,17,20)/t10-/m1/s1. The Labute approximate surface area is 123 Å². The van der Waals surface area contributed by atoms with Gasteiger partial charge in [-0.15, -0.1) is 0 Å². The zero-order valence-corrected chi connectivity index (χ0v) is 12.1. The fraction of sp³-hybridized carbons (Fsp3) is 0.429. The number of hydrogen-bond acceptors (Lipinski definition) is 3. The summed E-state index contributed by atoms with van der Waals surface area (Å²) < 4.78 is 0. The lowest BCUT2D eigenvalue weighted by Gasteiger charge is -2.26. The molecule has 2 amide bonds. The highest BCUT2D eigenvalue weighted by atomic mass is 35.5. The van der Waals surface area contributed by atoms with Gasteiger partial charge >= 0.3 is 0 Å². The van der Waals surface area contributed by atoms with Crippen molar-refractivity contribution in [3.05, 3.63) is 34.9 Å². The fourth-order valence-corrected chi connectivity index (χ4v) is 2.37. The molecule has 0 bridgehead atoms. The van der Waals surface area contributed by atoms with Gasteiger partial charge in [0.2, 0.25) is 11.8 Å². The average molecular weight is 296 g/mol. The van der Waals surface area contributed by atoms with Crippen molar-refractivity contribution in [3.63, 3.8) is 0 Å². The van der Waals surface area contributed by atoms with Crippen molar-refractivity contribution in [3.8, 4) is 0 Å². The number of piperazine rings is 1. The van der Waals surface area contributed by atoms with Gasteiger partial charge in [-0.3, -0.25) is 14.5 Å². The Bertz CT molecular complexity index is 507. The van der Waals surface area contributed by atoms with Gasteiger partial charge in [-0.05, 0) is 24.6 Å². The highest BCUT2D eigenvalue weighted by molar-refractivity contribution is 6.30. The molecule has 1 fully saturated rings. The van der Waals surface area contributed by atoms with E-state index in [0.29, 0.717) is 18.1 Å². The lowest BCUT2D eigenvalue weighted by atomic mass is 10.1. The van der Waals surface area contributed by atoms with Crippen molar-refractivity contribution >= 4 is 23.4 Å². The van der Waals surface area contributed by atoms with Crippen LogP contribution in [0.2, 0.25) is 5.02 Å². The molecule has 6 heteroatoms. The van der Waals surface area contributed by atoms with Crippen LogP contribution >= 0.6 is 11.6 Å². The van der Waals surface area contributed by atoms with Crippen molar-refractivity contribution in [1.82, 2.24) is 15.5 Å². The topological polar surface area (TPSA) is 61.4 Å². The zero-order chi connectivity index (χ0) is 14.5. The van der Waals surface area contributed by atoms with Crippen LogP contribution in [-0.2, 0) is 9.59 Å². The summed E-state index contributed by atoms with van der Waals surface area (Å²) in [5, 5.41) is 6.30. The fourth-order valence-electron chi connectivity index (χ4n) is 2.18. The number of nitrogens with one attached hydrogen (secondary N) is 2. The van der Waals surface area contributed by atoms with Crippen LogP contribution in [0.5, 0.6) is 0 Å². The third-order valence-corrected chi connectivity index (χ3v) is 3.45. The Kier molecular flexibility index (Phi) is 4.98. The summed E-state index contributed by atoms with van der Waals surface area (Å²) in [4.78, 5) is 25.0. The number of nitrogens with zero attached hydrogens (tertiary/aromatic N) is 1. The van der Waals surface area contributed by atoms with Crippen LogP contribution in [-0.4, -0.2) is 42.9 Å². The molecule has 0 unspecified atom stereocenters. The average Bonchev–Trinajstić information content (AvgIpc) is 2.38. The molecule has 5 nitrogen and oxygen atoms in total. The van der Waals surface area contributed by atoms with Crippen molar-refractivity contribution in [2.75, 3.05) is 26.2 Å². The van der Waals surface area contributed by atoms with Crippen LogP contribution in [0, 0.1) is 0 Å². The molecule has 1 saturated heterocycles. The van der Waals surface area contributed by atoms with Gasteiger partial charge in [0, 0.05) is 18.1 Å².